The highest BCUT2D eigenvalue weighted by molar-refractivity contribution is 9.09. The van der Waals surface area contributed by atoms with E-state index < -0.39 is 0 Å². The molecule has 2 aromatic rings. The summed E-state index contributed by atoms with van der Waals surface area (Å²) in [7, 11) is 0. The first kappa shape index (κ1) is 14.4. The van der Waals surface area contributed by atoms with Gasteiger partial charge < -0.3 is 11.1 Å². The molecule has 3 rings (SSSR count). The smallest absolute Gasteiger partial charge is 0.0553 e. The molecule has 1 aliphatic rings. The van der Waals surface area contributed by atoms with Crippen molar-refractivity contribution >= 4 is 39.1 Å². The summed E-state index contributed by atoms with van der Waals surface area (Å²) in [6.45, 7) is 3.17. The molecule has 2 aromatic carbocycles. The molecule has 0 saturated carbocycles. The van der Waals surface area contributed by atoms with Gasteiger partial charge in [-0.3, -0.25) is 0 Å². The van der Waals surface area contributed by atoms with Gasteiger partial charge >= 0.3 is 0 Å². The lowest BCUT2D eigenvalue weighted by molar-refractivity contribution is 0.891. The number of halogens is 1. The molecule has 1 heterocycles. The number of rotatable bonds is 2. The summed E-state index contributed by atoms with van der Waals surface area (Å²) in [6, 6.07) is 17.2. The number of hydrogen-bond donors (Lipinski definition) is 1. The molecule has 0 aromatic heterocycles. The predicted octanol–water partition coefficient (Wildman–Crippen LogP) is 5.23. The fourth-order valence-corrected chi connectivity index (χ4v) is 3.61. The third-order valence-electron chi connectivity index (χ3n) is 2.97. The Bertz CT molecular complexity index is 526. The van der Waals surface area contributed by atoms with E-state index in [1.54, 1.807) is 0 Å². The maximum atomic E-state index is 3.67. The largest absolute Gasteiger partial charge is 0.344 e. The van der Waals surface area contributed by atoms with Crippen molar-refractivity contribution in [1.29, 1.82) is 0 Å². The number of alkyl halides is 1. The van der Waals surface area contributed by atoms with Crippen LogP contribution in [0.2, 0.25) is 0 Å². The third kappa shape index (κ3) is 2.81. The average molecular weight is 337 g/mol. The molecule has 0 spiro atoms. The number of benzene rings is 2. The minimum absolute atomic E-state index is 0. The van der Waals surface area contributed by atoms with Gasteiger partial charge in [0, 0.05) is 21.2 Å². The summed E-state index contributed by atoms with van der Waals surface area (Å²) >= 11 is 5.52. The molecule has 100 valence electrons. The van der Waals surface area contributed by atoms with Crippen LogP contribution in [0.3, 0.4) is 0 Å². The predicted molar refractivity (Wildman–Crippen MR) is 87.4 cm³/mol. The zero-order valence-electron chi connectivity index (χ0n) is 10.8. The van der Waals surface area contributed by atoms with Gasteiger partial charge in [0.25, 0.3) is 0 Å². The second-order valence-corrected chi connectivity index (χ2v) is 7.08. The van der Waals surface area contributed by atoms with Gasteiger partial charge in [-0.15, -0.1) is 0 Å². The van der Waals surface area contributed by atoms with E-state index in [1.807, 2.05) is 11.8 Å². The fraction of sp³-hybridized carbons (Fsp3) is 0.200. The topological polar surface area (TPSA) is 38.2 Å². The van der Waals surface area contributed by atoms with Crippen LogP contribution >= 0.6 is 27.7 Å². The summed E-state index contributed by atoms with van der Waals surface area (Å²) in [4.78, 5) is 5.54. The second-order valence-electron chi connectivity index (χ2n) is 4.43. The lowest BCUT2D eigenvalue weighted by Gasteiger charge is -2.33. The fourth-order valence-electron chi connectivity index (χ4n) is 2.23. The molecule has 0 amide bonds. The first-order chi connectivity index (χ1) is 8.75. The van der Waals surface area contributed by atoms with E-state index >= 15 is 0 Å². The quantitative estimate of drug-likeness (QED) is 0.762. The Hall–Kier alpha value is -0.970. The van der Waals surface area contributed by atoms with Crippen molar-refractivity contribution in [3.05, 3.63) is 48.5 Å². The van der Waals surface area contributed by atoms with Gasteiger partial charge in [0.2, 0.25) is 0 Å². The van der Waals surface area contributed by atoms with E-state index in [9.17, 15) is 0 Å². The number of para-hydroxylation sites is 2. The summed E-state index contributed by atoms with van der Waals surface area (Å²) in [5.41, 5.74) is 2.63. The van der Waals surface area contributed by atoms with E-state index in [0.29, 0.717) is 4.83 Å². The van der Waals surface area contributed by atoms with Crippen LogP contribution in [0.25, 0.3) is 0 Å². The van der Waals surface area contributed by atoms with Crippen molar-refractivity contribution < 1.29 is 0 Å². The number of fused-ring (bicyclic) bond motifs is 2. The van der Waals surface area contributed by atoms with E-state index in [4.69, 9.17) is 0 Å². The van der Waals surface area contributed by atoms with Crippen LogP contribution in [0.1, 0.15) is 6.92 Å². The number of anilines is 2. The third-order valence-corrected chi connectivity index (χ3v) is 4.39. The van der Waals surface area contributed by atoms with Gasteiger partial charge in [-0.25, -0.2) is 0 Å². The molecular formula is C15H17BrN2S. The summed E-state index contributed by atoms with van der Waals surface area (Å²) in [5.74, 6) is 0. The molecule has 2 nitrogen and oxygen atoms in total. The SMILES string of the molecule is CC(Br)CN1c2ccccc2Sc2ccccc21.N. The Morgan fingerprint density at radius 2 is 1.47 bits per heavy atom. The van der Waals surface area contributed by atoms with Crippen LogP contribution in [-0.4, -0.2) is 11.4 Å². The monoisotopic (exact) mass is 336 g/mol. The molecule has 19 heavy (non-hydrogen) atoms. The van der Waals surface area contributed by atoms with Crippen LogP contribution in [0.5, 0.6) is 0 Å². The lowest BCUT2D eigenvalue weighted by atomic mass is 10.2. The van der Waals surface area contributed by atoms with Gasteiger partial charge in [0.15, 0.2) is 0 Å². The van der Waals surface area contributed by atoms with Crippen LogP contribution in [0.4, 0.5) is 11.4 Å². The molecule has 4 heteroatoms. The molecule has 1 aliphatic heterocycles. The van der Waals surface area contributed by atoms with Crippen LogP contribution in [-0.2, 0) is 0 Å². The zero-order valence-corrected chi connectivity index (χ0v) is 13.2. The normalized spacial score (nSPS) is 14.1. The van der Waals surface area contributed by atoms with Crippen molar-refractivity contribution in [3.8, 4) is 0 Å². The van der Waals surface area contributed by atoms with Gasteiger partial charge in [-0.05, 0) is 24.3 Å². The highest BCUT2D eigenvalue weighted by Gasteiger charge is 2.23. The minimum Gasteiger partial charge on any atom is -0.344 e. The molecule has 3 N–H and O–H groups in total. The highest BCUT2D eigenvalue weighted by Crippen LogP contribution is 2.47. The van der Waals surface area contributed by atoms with E-state index in [2.05, 4.69) is 76.3 Å². The second kappa shape index (κ2) is 5.99. The first-order valence-corrected chi connectivity index (χ1v) is 7.76. The van der Waals surface area contributed by atoms with E-state index in [1.165, 1.54) is 21.2 Å². The van der Waals surface area contributed by atoms with Crippen LogP contribution < -0.4 is 11.1 Å². The van der Waals surface area contributed by atoms with E-state index in [-0.39, 0.29) is 6.15 Å². The maximum Gasteiger partial charge on any atom is 0.0553 e. The van der Waals surface area contributed by atoms with Crippen molar-refractivity contribution in [2.24, 2.45) is 0 Å². The number of hydrogen-bond acceptors (Lipinski definition) is 3. The molecule has 1 atom stereocenters. The van der Waals surface area contributed by atoms with Crippen molar-refractivity contribution in [2.75, 3.05) is 11.4 Å². The van der Waals surface area contributed by atoms with Crippen molar-refractivity contribution in [3.63, 3.8) is 0 Å². The average Bonchev–Trinajstić information content (AvgIpc) is 2.38. The van der Waals surface area contributed by atoms with Crippen LogP contribution in [0, 0.1) is 0 Å². The van der Waals surface area contributed by atoms with Crippen molar-refractivity contribution in [1.82, 2.24) is 6.15 Å². The molecule has 0 saturated heterocycles. The maximum absolute atomic E-state index is 3.67. The Labute approximate surface area is 126 Å². The Morgan fingerprint density at radius 1 is 1.00 bits per heavy atom. The van der Waals surface area contributed by atoms with Crippen molar-refractivity contribution in [2.45, 2.75) is 21.5 Å². The van der Waals surface area contributed by atoms with Gasteiger partial charge in [0.05, 0.1) is 11.4 Å². The molecule has 1 unspecified atom stereocenters. The standard InChI is InChI=1S/C15H14BrNS.H3N/c1-11(16)10-17-12-6-2-4-8-14(12)18-15-9-5-3-7-13(15)17;/h2-9,11H,10H2,1H3;1H3. The number of nitrogens with zero attached hydrogens (tertiary/aromatic N) is 1. The van der Waals surface area contributed by atoms with Gasteiger partial charge in [-0.2, -0.15) is 0 Å². The summed E-state index contributed by atoms with van der Waals surface area (Å²) in [6.07, 6.45) is 0. The zero-order chi connectivity index (χ0) is 12.5. The molecule has 0 radical (unpaired) electrons. The molecule has 0 fully saturated rings. The Kier molecular flexibility index (Phi) is 4.55. The lowest BCUT2D eigenvalue weighted by Crippen LogP contribution is -2.26. The Morgan fingerprint density at radius 3 is 1.95 bits per heavy atom. The van der Waals surface area contributed by atoms with E-state index in [0.717, 1.165) is 6.54 Å². The molecule has 0 aliphatic carbocycles. The first-order valence-electron chi connectivity index (χ1n) is 6.03. The molecular weight excluding hydrogens is 320 g/mol. The minimum atomic E-state index is 0. The van der Waals surface area contributed by atoms with Crippen LogP contribution in [0.15, 0.2) is 58.3 Å². The van der Waals surface area contributed by atoms with Gasteiger partial charge in [-0.1, -0.05) is 58.9 Å². The summed E-state index contributed by atoms with van der Waals surface area (Å²) < 4.78 is 0. The van der Waals surface area contributed by atoms with Gasteiger partial charge in [0.1, 0.15) is 0 Å². The highest BCUT2D eigenvalue weighted by atomic mass is 79.9. The Balaban J connectivity index is 0.00000133. The summed E-state index contributed by atoms with van der Waals surface area (Å²) in [5, 5.41) is 0. The molecule has 0 bridgehead atoms.